The molecule has 0 bridgehead atoms. The highest BCUT2D eigenvalue weighted by atomic mass is 79.9. The molecule has 2 unspecified atom stereocenters. The largest absolute Gasteiger partial charge is 0.349 e. The van der Waals surface area contributed by atoms with Crippen LogP contribution in [0.25, 0.3) is 0 Å². The number of hydrogen-bond donors (Lipinski definition) is 1. The maximum absolute atomic E-state index is 12.0. The van der Waals surface area contributed by atoms with E-state index in [2.05, 4.69) is 37.8 Å². The normalized spacial score (nSPS) is 14.7. The van der Waals surface area contributed by atoms with E-state index < -0.39 is 0 Å². The van der Waals surface area contributed by atoms with Crippen LogP contribution in [0.15, 0.2) is 0 Å². The van der Waals surface area contributed by atoms with Crippen molar-refractivity contribution in [3.05, 3.63) is 10.6 Å². The van der Waals surface area contributed by atoms with Crippen molar-refractivity contribution in [2.24, 2.45) is 0 Å². The van der Waals surface area contributed by atoms with Gasteiger partial charge in [0, 0.05) is 10.9 Å². The Morgan fingerprint density at radius 3 is 2.59 bits per heavy atom. The second-order valence-corrected chi connectivity index (χ2v) is 6.85. The van der Waals surface area contributed by atoms with E-state index >= 15 is 0 Å². The molecule has 6 heteroatoms. The Kier molecular flexibility index (Phi) is 5.52. The Labute approximate surface area is 114 Å². The van der Waals surface area contributed by atoms with E-state index in [4.69, 9.17) is 0 Å². The van der Waals surface area contributed by atoms with Crippen LogP contribution in [-0.4, -0.2) is 26.4 Å². The number of hydrogen-bond acceptors (Lipinski definition) is 4. The number of carbonyl (C=O) groups is 1. The molecular formula is C11H18BrN3OS. The van der Waals surface area contributed by atoms with Gasteiger partial charge in [0.1, 0.15) is 4.88 Å². The van der Waals surface area contributed by atoms with Crippen LogP contribution < -0.4 is 5.32 Å². The maximum Gasteiger partial charge on any atom is 0.265 e. The first-order valence-electron chi connectivity index (χ1n) is 5.69. The number of rotatable bonds is 5. The van der Waals surface area contributed by atoms with E-state index in [1.807, 2.05) is 20.8 Å². The molecule has 1 N–H and O–H groups in total. The summed E-state index contributed by atoms with van der Waals surface area (Å²) in [5.74, 6) is 0.157. The Hall–Kier alpha value is -0.490. The molecule has 2 atom stereocenters. The topological polar surface area (TPSA) is 54.9 Å². The summed E-state index contributed by atoms with van der Waals surface area (Å²) >= 11 is 4.64. The molecule has 0 spiro atoms. The average Bonchev–Trinajstić information content (AvgIpc) is 2.63. The molecule has 1 aromatic heterocycles. The van der Waals surface area contributed by atoms with Gasteiger partial charge in [-0.15, -0.1) is 5.10 Å². The van der Waals surface area contributed by atoms with Crippen molar-refractivity contribution in [3.63, 3.8) is 0 Å². The molecule has 1 rings (SSSR count). The van der Waals surface area contributed by atoms with Crippen LogP contribution in [0.3, 0.4) is 0 Å². The highest BCUT2D eigenvalue weighted by molar-refractivity contribution is 9.09. The molecule has 0 aliphatic heterocycles. The van der Waals surface area contributed by atoms with Crippen molar-refractivity contribution < 1.29 is 4.79 Å². The van der Waals surface area contributed by atoms with Crippen LogP contribution in [0, 0.1) is 0 Å². The lowest BCUT2D eigenvalue weighted by Gasteiger charge is -2.15. The molecule has 0 saturated carbocycles. The fourth-order valence-electron chi connectivity index (χ4n) is 1.57. The molecule has 1 amide bonds. The minimum absolute atomic E-state index is 0.0654. The monoisotopic (exact) mass is 319 g/mol. The van der Waals surface area contributed by atoms with Crippen molar-refractivity contribution in [2.75, 3.05) is 0 Å². The van der Waals surface area contributed by atoms with Crippen LogP contribution >= 0.6 is 27.5 Å². The maximum atomic E-state index is 12.0. The number of alkyl halides is 1. The Morgan fingerprint density at radius 1 is 1.41 bits per heavy atom. The number of halogens is 1. The molecule has 0 aromatic carbocycles. The molecule has 1 heterocycles. The predicted molar refractivity (Wildman–Crippen MR) is 73.9 cm³/mol. The summed E-state index contributed by atoms with van der Waals surface area (Å²) in [6, 6.07) is 0.138. The summed E-state index contributed by atoms with van der Waals surface area (Å²) in [5, 5.41) is 6.97. The first-order chi connectivity index (χ1) is 7.91. The number of nitrogens with one attached hydrogen (secondary N) is 1. The number of aromatic nitrogens is 2. The summed E-state index contributed by atoms with van der Waals surface area (Å²) in [5.41, 5.74) is 0.784. The average molecular weight is 320 g/mol. The lowest BCUT2D eigenvalue weighted by atomic mass is 10.1. The van der Waals surface area contributed by atoms with Gasteiger partial charge in [0.05, 0.1) is 5.69 Å². The molecular weight excluding hydrogens is 302 g/mol. The molecule has 0 aliphatic carbocycles. The quantitative estimate of drug-likeness (QED) is 0.849. The van der Waals surface area contributed by atoms with Crippen LogP contribution in [0.1, 0.15) is 55.4 Å². The second-order valence-electron chi connectivity index (χ2n) is 4.53. The number of nitrogens with zero attached hydrogens (tertiary/aromatic N) is 2. The highest BCUT2D eigenvalue weighted by Crippen LogP contribution is 2.19. The van der Waals surface area contributed by atoms with Crippen LogP contribution in [-0.2, 0) is 0 Å². The van der Waals surface area contributed by atoms with Crippen molar-refractivity contribution in [1.29, 1.82) is 0 Å². The predicted octanol–water partition coefficient (Wildman–Crippen LogP) is 2.95. The summed E-state index contributed by atoms with van der Waals surface area (Å²) in [6.07, 6.45) is 0.898. The summed E-state index contributed by atoms with van der Waals surface area (Å²) < 4.78 is 3.85. The number of carbonyl (C=O) groups excluding carboxylic acids is 1. The third-order valence-electron chi connectivity index (χ3n) is 2.32. The number of amides is 1. The Bertz CT molecular complexity index is 379. The van der Waals surface area contributed by atoms with E-state index in [0.29, 0.717) is 9.70 Å². The van der Waals surface area contributed by atoms with Crippen LogP contribution in [0.2, 0.25) is 0 Å². The molecule has 0 saturated heterocycles. The van der Waals surface area contributed by atoms with Gasteiger partial charge < -0.3 is 5.32 Å². The van der Waals surface area contributed by atoms with Crippen molar-refractivity contribution in [3.8, 4) is 0 Å². The fourth-order valence-corrected chi connectivity index (χ4v) is 2.85. The van der Waals surface area contributed by atoms with Gasteiger partial charge in [-0.25, -0.2) is 0 Å². The second kappa shape index (κ2) is 6.44. The fraction of sp³-hybridized carbons (Fsp3) is 0.727. The zero-order chi connectivity index (χ0) is 13.0. The van der Waals surface area contributed by atoms with Crippen molar-refractivity contribution in [1.82, 2.24) is 14.9 Å². The smallest absolute Gasteiger partial charge is 0.265 e. The molecule has 0 aliphatic rings. The molecule has 4 nitrogen and oxygen atoms in total. The Balaban J connectivity index is 2.67. The van der Waals surface area contributed by atoms with Crippen LogP contribution in [0.4, 0.5) is 0 Å². The van der Waals surface area contributed by atoms with E-state index in [-0.39, 0.29) is 17.9 Å². The van der Waals surface area contributed by atoms with Crippen molar-refractivity contribution in [2.45, 2.75) is 50.9 Å². The SMILES string of the molecule is CC(Br)CC(C)NC(=O)c1snnc1C(C)C. The minimum Gasteiger partial charge on any atom is -0.349 e. The third kappa shape index (κ3) is 4.35. The lowest BCUT2D eigenvalue weighted by Crippen LogP contribution is -2.34. The van der Waals surface area contributed by atoms with Gasteiger partial charge in [-0.1, -0.05) is 41.2 Å². The Morgan fingerprint density at radius 2 is 2.06 bits per heavy atom. The molecule has 0 radical (unpaired) electrons. The van der Waals surface area contributed by atoms with Gasteiger partial charge in [0.25, 0.3) is 5.91 Å². The van der Waals surface area contributed by atoms with E-state index in [1.165, 1.54) is 0 Å². The molecule has 1 aromatic rings. The van der Waals surface area contributed by atoms with Gasteiger partial charge in [0.15, 0.2) is 0 Å². The molecule has 0 fully saturated rings. The van der Waals surface area contributed by atoms with Crippen LogP contribution in [0.5, 0.6) is 0 Å². The van der Waals surface area contributed by atoms with Gasteiger partial charge in [-0.05, 0) is 30.8 Å². The summed E-state index contributed by atoms with van der Waals surface area (Å²) in [7, 11) is 0. The highest BCUT2D eigenvalue weighted by Gasteiger charge is 2.20. The van der Waals surface area contributed by atoms with E-state index in [9.17, 15) is 4.79 Å². The first-order valence-corrected chi connectivity index (χ1v) is 7.37. The van der Waals surface area contributed by atoms with E-state index in [1.54, 1.807) is 0 Å². The summed E-state index contributed by atoms with van der Waals surface area (Å²) in [4.78, 5) is 13.1. The van der Waals surface area contributed by atoms with Gasteiger partial charge >= 0.3 is 0 Å². The third-order valence-corrected chi connectivity index (χ3v) is 3.44. The standard InChI is InChI=1S/C11H18BrN3OS/c1-6(2)9-10(17-15-14-9)11(16)13-8(4)5-7(3)12/h6-8H,5H2,1-4H3,(H,13,16). The van der Waals surface area contributed by atoms with E-state index in [0.717, 1.165) is 23.6 Å². The van der Waals surface area contributed by atoms with Crippen molar-refractivity contribution >= 4 is 33.4 Å². The lowest BCUT2D eigenvalue weighted by molar-refractivity contribution is 0.0941. The minimum atomic E-state index is -0.0654. The molecule has 17 heavy (non-hydrogen) atoms. The zero-order valence-electron chi connectivity index (χ0n) is 10.5. The first kappa shape index (κ1) is 14.6. The molecule has 96 valence electrons. The van der Waals surface area contributed by atoms with Gasteiger partial charge in [-0.2, -0.15) is 0 Å². The zero-order valence-corrected chi connectivity index (χ0v) is 12.9. The van der Waals surface area contributed by atoms with Gasteiger partial charge in [0.2, 0.25) is 0 Å². The summed E-state index contributed by atoms with van der Waals surface area (Å²) in [6.45, 7) is 8.09. The van der Waals surface area contributed by atoms with Gasteiger partial charge in [-0.3, -0.25) is 4.79 Å².